The van der Waals surface area contributed by atoms with Crippen LogP contribution >= 0.6 is 0 Å². The summed E-state index contributed by atoms with van der Waals surface area (Å²) in [6.45, 7) is 7.72. The Morgan fingerprint density at radius 1 is 1.45 bits per heavy atom. The van der Waals surface area contributed by atoms with E-state index >= 15 is 0 Å². The van der Waals surface area contributed by atoms with Crippen LogP contribution in [0.1, 0.15) is 49.6 Å². The Morgan fingerprint density at radius 2 is 2.10 bits per heavy atom. The van der Waals surface area contributed by atoms with Crippen molar-refractivity contribution in [2.24, 2.45) is 7.05 Å². The highest BCUT2D eigenvalue weighted by Crippen LogP contribution is 2.30. The maximum Gasteiger partial charge on any atom is 0.373 e. The minimum atomic E-state index is -1.11. The van der Waals surface area contributed by atoms with Crippen molar-refractivity contribution >= 4 is 5.97 Å². The summed E-state index contributed by atoms with van der Waals surface area (Å²) in [7, 11) is 1.79. The van der Waals surface area contributed by atoms with Gasteiger partial charge in [-0.1, -0.05) is 27.7 Å². The molecule has 0 unspecified atom stereocenters. The van der Waals surface area contributed by atoms with Crippen LogP contribution in [0.15, 0.2) is 10.5 Å². The molecule has 1 N–H and O–H groups in total. The molecule has 6 heteroatoms. The molecule has 108 valence electrons. The van der Waals surface area contributed by atoms with Crippen LogP contribution < -0.4 is 0 Å². The van der Waals surface area contributed by atoms with Crippen molar-refractivity contribution in [1.82, 2.24) is 14.8 Å². The van der Waals surface area contributed by atoms with Gasteiger partial charge in [-0.2, -0.15) is 5.10 Å². The Labute approximate surface area is 117 Å². The number of oxazole rings is 1. The lowest BCUT2D eigenvalue weighted by molar-refractivity contribution is 0.0659. The highest BCUT2D eigenvalue weighted by Gasteiger charge is 2.30. The molecule has 0 bridgehead atoms. The molecule has 2 aromatic rings. The number of hydrogen-bond donors (Lipinski definition) is 1. The summed E-state index contributed by atoms with van der Waals surface area (Å²) in [5, 5.41) is 13.6. The van der Waals surface area contributed by atoms with Gasteiger partial charge < -0.3 is 9.52 Å². The van der Waals surface area contributed by atoms with E-state index in [1.807, 2.05) is 33.8 Å². The lowest BCUT2D eigenvalue weighted by Crippen LogP contribution is -2.16. The molecule has 0 spiro atoms. The molecule has 0 aliphatic carbocycles. The predicted octanol–water partition coefficient (Wildman–Crippen LogP) is 2.63. The maximum absolute atomic E-state index is 11.3. The van der Waals surface area contributed by atoms with E-state index in [0.29, 0.717) is 17.3 Å². The van der Waals surface area contributed by atoms with E-state index in [2.05, 4.69) is 10.1 Å². The number of aryl methyl sites for hydroxylation is 2. The third-order valence-electron chi connectivity index (χ3n) is 3.04. The zero-order valence-corrected chi connectivity index (χ0v) is 12.4. The van der Waals surface area contributed by atoms with Crippen LogP contribution in [0.25, 0.3) is 11.6 Å². The number of rotatable bonds is 3. The smallest absolute Gasteiger partial charge is 0.373 e. The van der Waals surface area contributed by atoms with Gasteiger partial charge in [0.15, 0.2) is 0 Å². The van der Waals surface area contributed by atoms with Crippen LogP contribution in [-0.4, -0.2) is 25.8 Å². The summed E-state index contributed by atoms with van der Waals surface area (Å²) in [5.41, 5.74) is 1.63. The van der Waals surface area contributed by atoms with E-state index in [0.717, 1.165) is 12.1 Å². The van der Waals surface area contributed by atoms with Crippen molar-refractivity contribution in [3.05, 3.63) is 23.2 Å². The largest absolute Gasteiger partial charge is 0.475 e. The molecule has 2 heterocycles. The highest BCUT2D eigenvalue weighted by molar-refractivity contribution is 5.86. The molecule has 0 saturated carbocycles. The van der Waals surface area contributed by atoms with Crippen molar-refractivity contribution in [1.29, 1.82) is 0 Å². The minimum absolute atomic E-state index is 0.105. The molecule has 0 saturated heterocycles. The van der Waals surface area contributed by atoms with E-state index in [1.54, 1.807) is 11.7 Å². The van der Waals surface area contributed by atoms with Crippen LogP contribution in [-0.2, 0) is 18.9 Å². The van der Waals surface area contributed by atoms with E-state index in [-0.39, 0.29) is 5.76 Å². The van der Waals surface area contributed by atoms with Crippen molar-refractivity contribution < 1.29 is 14.3 Å². The van der Waals surface area contributed by atoms with Gasteiger partial charge >= 0.3 is 5.97 Å². The molecule has 0 atom stereocenters. The second kappa shape index (κ2) is 4.77. The first-order valence-electron chi connectivity index (χ1n) is 6.52. The molecule has 0 amide bonds. The number of carbonyl (C=O) groups is 1. The fraction of sp³-hybridized carbons (Fsp3) is 0.500. The van der Waals surface area contributed by atoms with Gasteiger partial charge in [0, 0.05) is 12.5 Å². The molecular formula is C14H19N3O3. The number of carboxylic acids is 1. The zero-order chi connectivity index (χ0) is 15.1. The number of aromatic nitrogens is 3. The summed E-state index contributed by atoms with van der Waals surface area (Å²) in [4.78, 5) is 15.7. The van der Waals surface area contributed by atoms with E-state index in [1.165, 1.54) is 0 Å². The van der Waals surface area contributed by atoms with Gasteiger partial charge in [0.05, 0.1) is 5.69 Å². The van der Waals surface area contributed by atoms with Crippen molar-refractivity contribution in [3.8, 4) is 11.6 Å². The maximum atomic E-state index is 11.3. The summed E-state index contributed by atoms with van der Waals surface area (Å²) in [6.07, 6.45) is 0.798. The molecule has 0 aliphatic heterocycles. The van der Waals surface area contributed by atoms with Crippen LogP contribution in [0, 0.1) is 0 Å². The minimum Gasteiger partial charge on any atom is -0.475 e. The molecule has 20 heavy (non-hydrogen) atoms. The van der Waals surface area contributed by atoms with E-state index in [9.17, 15) is 9.90 Å². The standard InChI is InChI=1S/C14H19N3O3/c1-6-8-7-9(17(5)16-8)12-15-11(14(2,3)4)10(20-12)13(18)19/h7H,6H2,1-5H3,(H,18,19). The van der Waals surface area contributed by atoms with Crippen LogP contribution in [0.3, 0.4) is 0 Å². The topological polar surface area (TPSA) is 81.1 Å². The Morgan fingerprint density at radius 3 is 2.50 bits per heavy atom. The summed E-state index contributed by atoms with van der Waals surface area (Å²) < 4.78 is 7.11. The molecule has 6 nitrogen and oxygen atoms in total. The summed E-state index contributed by atoms with van der Waals surface area (Å²) in [6, 6.07) is 1.86. The normalized spacial score (nSPS) is 11.8. The van der Waals surface area contributed by atoms with Crippen molar-refractivity contribution in [2.45, 2.75) is 39.5 Å². The van der Waals surface area contributed by atoms with Gasteiger partial charge in [-0.05, 0) is 12.5 Å². The first-order valence-corrected chi connectivity index (χ1v) is 6.52. The third kappa shape index (κ3) is 2.45. The van der Waals surface area contributed by atoms with E-state index in [4.69, 9.17) is 4.42 Å². The molecule has 0 aliphatic rings. The summed E-state index contributed by atoms with van der Waals surface area (Å²) in [5.74, 6) is -0.916. The quantitative estimate of drug-likeness (QED) is 0.932. The molecule has 2 rings (SSSR count). The fourth-order valence-electron chi connectivity index (χ4n) is 1.98. The van der Waals surface area contributed by atoms with Crippen molar-refractivity contribution in [2.75, 3.05) is 0 Å². The second-order valence-corrected chi connectivity index (χ2v) is 5.75. The zero-order valence-electron chi connectivity index (χ0n) is 12.4. The highest BCUT2D eigenvalue weighted by atomic mass is 16.4. The molecule has 0 aromatic carbocycles. The Hall–Kier alpha value is -2.11. The molecule has 2 aromatic heterocycles. The third-order valence-corrected chi connectivity index (χ3v) is 3.04. The van der Waals surface area contributed by atoms with Crippen LogP contribution in [0.4, 0.5) is 0 Å². The SMILES string of the molecule is CCc1cc(-c2nc(C(C)(C)C)c(C(=O)O)o2)n(C)n1. The van der Waals surface area contributed by atoms with Gasteiger partial charge in [0.2, 0.25) is 11.7 Å². The van der Waals surface area contributed by atoms with Crippen LogP contribution in [0.2, 0.25) is 0 Å². The monoisotopic (exact) mass is 277 g/mol. The number of carboxylic acid groups (broad SMARTS) is 1. The van der Waals surface area contributed by atoms with Gasteiger partial charge in [-0.25, -0.2) is 9.78 Å². The van der Waals surface area contributed by atoms with Gasteiger partial charge in [0.1, 0.15) is 11.4 Å². The molecule has 0 radical (unpaired) electrons. The van der Waals surface area contributed by atoms with Gasteiger partial charge in [-0.3, -0.25) is 4.68 Å². The Kier molecular flexibility index (Phi) is 3.41. The van der Waals surface area contributed by atoms with Gasteiger partial charge in [-0.15, -0.1) is 0 Å². The average molecular weight is 277 g/mol. The first kappa shape index (κ1) is 14.3. The molecule has 0 fully saturated rings. The van der Waals surface area contributed by atoms with Crippen molar-refractivity contribution in [3.63, 3.8) is 0 Å². The predicted molar refractivity (Wildman–Crippen MR) is 73.7 cm³/mol. The number of hydrogen-bond acceptors (Lipinski definition) is 4. The Balaban J connectivity index is 2.58. The first-order chi connectivity index (χ1) is 9.24. The average Bonchev–Trinajstić information content (AvgIpc) is 2.91. The molecular weight excluding hydrogens is 258 g/mol. The number of nitrogens with zero attached hydrogens (tertiary/aromatic N) is 3. The lowest BCUT2D eigenvalue weighted by Gasteiger charge is -2.14. The Bertz CT molecular complexity index is 647. The fourth-order valence-corrected chi connectivity index (χ4v) is 1.98. The van der Waals surface area contributed by atoms with Gasteiger partial charge in [0.25, 0.3) is 0 Å². The summed E-state index contributed by atoms with van der Waals surface area (Å²) >= 11 is 0. The number of aromatic carboxylic acids is 1. The lowest BCUT2D eigenvalue weighted by atomic mass is 9.91. The van der Waals surface area contributed by atoms with E-state index < -0.39 is 11.4 Å². The van der Waals surface area contributed by atoms with Crippen LogP contribution in [0.5, 0.6) is 0 Å². The second-order valence-electron chi connectivity index (χ2n) is 5.75.